The van der Waals surface area contributed by atoms with Crippen LogP contribution < -0.4 is 5.32 Å². The second-order valence-electron chi connectivity index (χ2n) is 7.51. The zero-order valence-electron chi connectivity index (χ0n) is 12.9. The Morgan fingerprint density at radius 1 is 1.14 bits per heavy atom. The highest BCUT2D eigenvalue weighted by atomic mass is 19.3. The van der Waals surface area contributed by atoms with Gasteiger partial charge >= 0.3 is 0 Å². The van der Waals surface area contributed by atoms with E-state index in [2.05, 4.69) is 10.2 Å². The van der Waals surface area contributed by atoms with Crippen molar-refractivity contribution >= 4 is 5.91 Å². The first kappa shape index (κ1) is 14.8. The number of carbonyl (C=O) groups excluding carboxylic acids is 1. The zero-order valence-corrected chi connectivity index (χ0v) is 12.9. The molecule has 3 saturated heterocycles. The Bertz CT molecular complexity index is 455. The second kappa shape index (κ2) is 5.41. The average molecular weight is 313 g/mol. The van der Waals surface area contributed by atoms with Crippen molar-refractivity contribution < 1.29 is 13.6 Å². The predicted molar refractivity (Wildman–Crippen MR) is 78.8 cm³/mol. The molecule has 0 spiro atoms. The van der Waals surface area contributed by atoms with E-state index in [9.17, 15) is 13.6 Å². The van der Waals surface area contributed by atoms with E-state index in [0.29, 0.717) is 12.0 Å². The second-order valence-corrected chi connectivity index (χ2v) is 7.51. The number of alkyl halides is 2. The molecule has 3 heterocycles. The quantitative estimate of drug-likeness (QED) is 0.838. The summed E-state index contributed by atoms with van der Waals surface area (Å²) in [6.45, 7) is 2.33. The largest absolute Gasteiger partial charge is 0.341 e. The van der Waals surface area contributed by atoms with Gasteiger partial charge < -0.3 is 4.90 Å². The van der Waals surface area contributed by atoms with Gasteiger partial charge in [-0.25, -0.2) is 8.78 Å². The van der Waals surface area contributed by atoms with Gasteiger partial charge in [0.2, 0.25) is 5.91 Å². The molecule has 124 valence electrons. The predicted octanol–water partition coefficient (Wildman–Crippen LogP) is 1.46. The van der Waals surface area contributed by atoms with Crippen LogP contribution in [0.4, 0.5) is 8.78 Å². The van der Waals surface area contributed by atoms with Gasteiger partial charge in [-0.1, -0.05) is 0 Å². The van der Waals surface area contributed by atoms with E-state index in [1.54, 1.807) is 0 Å². The first-order valence-corrected chi connectivity index (χ1v) is 8.69. The van der Waals surface area contributed by atoms with Crippen LogP contribution in [-0.2, 0) is 4.79 Å². The number of likely N-dealkylation sites (tertiary alicyclic amines) is 2. The normalized spacial score (nSPS) is 38.8. The lowest BCUT2D eigenvalue weighted by Crippen LogP contribution is -2.57. The number of piperidine rings is 2. The minimum absolute atomic E-state index is 0.112. The van der Waals surface area contributed by atoms with E-state index < -0.39 is 12.0 Å². The van der Waals surface area contributed by atoms with E-state index in [1.807, 2.05) is 4.90 Å². The Labute approximate surface area is 130 Å². The fourth-order valence-electron chi connectivity index (χ4n) is 4.61. The average Bonchev–Trinajstić information content (AvgIpc) is 3.28. The first-order chi connectivity index (χ1) is 10.5. The lowest BCUT2D eigenvalue weighted by molar-refractivity contribution is -0.137. The maximum absolute atomic E-state index is 13.3. The van der Waals surface area contributed by atoms with Crippen molar-refractivity contribution in [3.05, 3.63) is 0 Å². The molecule has 4 nitrogen and oxygen atoms in total. The van der Waals surface area contributed by atoms with Crippen molar-refractivity contribution in [2.45, 2.75) is 62.6 Å². The van der Waals surface area contributed by atoms with E-state index in [1.165, 1.54) is 32.2 Å². The molecular weight excluding hydrogens is 288 g/mol. The summed E-state index contributed by atoms with van der Waals surface area (Å²) in [5.74, 6) is -2.31. The fraction of sp³-hybridized carbons (Fsp3) is 0.938. The molecule has 0 radical (unpaired) electrons. The molecule has 3 atom stereocenters. The van der Waals surface area contributed by atoms with Crippen LogP contribution in [0.1, 0.15) is 38.5 Å². The SMILES string of the molecule is O=C(C1CC(F)(F)CN1)N1CCC2C(CCCN2C2CC2)C1. The number of hydrogen-bond donors (Lipinski definition) is 1. The third-order valence-corrected chi connectivity index (χ3v) is 5.85. The number of hydrogen-bond acceptors (Lipinski definition) is 3. The third-order valence-electron chi connectivity index (χ3n) is 5.85. The molecular formula is C16H25F2N3O. The van der Waals surface area contributed by atoms with Crippen molar-refractivity contribution in [3.63, 3.8) is 0 Å². The number of fused-ring (bicyclic) bond motifs is 1. The summed E-state index contributed by atoms with van der Waals surface area (Å²) >= 11 is 0. The molecule has 0 aromatic carbocycles. The maximum atomic E-state index is 13.3. The zero-order chi connectivity index (χ0) is 15.3. The molecule has 3 unspecified atom stereocenters. The fourth-order valence-corrected chi connectivity index (χ4v) is 4.61. The van der Waals surface area contributed by atoms with Gasteiger partial charge in [0.1, 0.15) is 0 Å². The van der Waals surface area contributed by atoms with Gasteiger partial charge in [-0.3, -0.25) is 15.0 Å². The summed E-state index contributed by atoms with van der Waals surface area (Å²) < 4.78 is 26.6. The highest BCUT2D eigenvalue weighted by molar-refractivity contribution is 5.82. The topological polar surface area (TPSA) is 35.6 Å². The molecule has 4 rings (SSSR count). The Balaban J connectivity index is 1.38. The molecule has 1 N–H and O–H groups in total. The lowest BCUT2D eigenvalue weighted by Gasteiger charge is -2.48. The summed E-state index contributed by atoms with van der Waals surface area (Å²) in [6, 6.07) is 0.711. The Hall–Kier alpha value is -0.750. The molecule has 1 aliphatic carbocycles. The van der Waals surface area contributed by atoms with Crippen LogP contribution in [-0.4, -0.2) is 65.9 Å². The van der Waals surface area contributed by atoms with Crippen molar-refractivity contribution in [3.8, 4) is 0 Å². The molecule has 1 amide bonds. The third kappa shape index (κ3) is 2.75. The Kier molecular flexibility index (Phi) is 3.64. The summed E-state index contributed by atoms with van der Waals surface area (Å²) in [6.07, 6.45) is 5.70. The molecule has 22 heavy (non-hydrogen) atoms. The molecule has 0 aromatic rings. The minimum Gasteiger partial charge on any atom is -0.341 e. The molecule has 1 saturated carbocycles. The van der Waals surface area contributed by atoms with Gasteiger partial charge in [0.05, 0.1) is 12.6 Å². The van der Waals surface area contributed by atoms with Crippen molar-refractivity contribution in [1.82, 2.24) is 15.1 Å². The molecule has 0 aromatic heterocycles. The van der Waals surface area contributed by atoms with Gasteiger partial charge in [0.15, 0.2) is 0 Å². The van der Waals surface area contributed by atoms with Crippen LogP contribution in [0.25, 0.3) is 0 Å². The number of carbonyl (C=O) groups is 1. The van der Waals surface area contributed by atoms with Crippen molar-refractivity contribution in [2.75, 3.05) is 26.2 Å². The molecule has 0 bridgehead atoms. The van der Waals surface area contributed by atoms with E-state index in [4.69, 9.17) is 0 Å². The summed E-state index contributed by atoms with van der Waals surface area (Å²) in [7, 11) is 0. The Morgan fingerprint density at radius 3 is 2.64 bits per heavy atom. The van der Waals surface area contributed by atoms with Crippen LogP contribution in [0.3, 0.4) is 0 Å². The van der Waals surface area contributed by atoms with Crippen LogP contribution in [0.5, 0.6) is 0 Å². The lowest BCUT2D eigenvalue weighted by atomic mass is 9.83. The standard InChI is InChI=1S/C16H25F2N3O/c17-16(18)8-13(19-10-16)15(22)20-7-5-14-11(9-20)2-1-6-21(14)12-3-4-12/h11-14,19H,1-10H2. The van der Waals surface area contributed by atoms with Crippen molar-refractivity contribution in [1.29, 1.82) is 0 Å². The number of rotatable bonds is 2. The summed E-state index contributed by atoms with van der Waals surface area (Å²) in [5, 5.41) is 2.70. The van der Waals surface area contributed by atoms with Crippen LogP contribution in [0.15, 0.2) is 0 Å². The molecule has 6 heteroatoms. The van der Waals surface area contributed by atoms with E-state index in [0.717, 1.165) is 25.6 Å². The van der Waals surface area contributed by atoms with Gasteiger partial charge in [-0.15, -0.1) is 0 Å². The number of halogens is 2. The number of nitrogens with one attached hydrogen (secondary N) is 1. The highest BCUT2D eigenvalue weighted by Gasteiger charge is 2.46. The number of nitrogens with zero attached hydrogens (tertiary/aromatic N) is 2. The van der Waals surface area contributed by atoms with Gasteiger partial charge in [-0.2, -0.15) is 0 Å². The summed E-state index contributed by atoms with van der Waals surface area (Å²) in [5.41, 5.74) is 0. The van der Waals surface area contributed by atoms with Crippen LogP contribution in [0.2, 0.25) is 0 Å². The summed E-state index contributed by atoms with van der Waals surface area (Å²) in [4.78, 5) is 17.0. The smallest absolute Gasteiger partial charge is 0.262 e. The van der Waals surface area contributed by atoms with Crippen LogP contribution in [0, 0.1) is 5.92 Å². The van der Waals surface area contributed by atoms with Gasteiger partial charge in [0, 0.05) is 31.6 Å². The minimum atomic E-state index is -2.73. The van der Waals surface area contributed by atoms with Crippen molar-refractivity contribution in [2.24, 2.45) is 5.92 Å². The monoisotopic (exact) mass is 313 g/mol. The maximum Gasteiger partial charge on any atom is 0.262 e. The Morgan fingerprint density at radius 2 is 1.95 bits per heavy atom. The first-order valence-electron chi connectivity index (χ1n) is 8.69. The van der Waals surface area contributed by atoms with E-state index in [-0.39, 0.29) is 18.9 Å². The van der Waals surface area contributed by atoms with E-state index >= 15 is 0 Å². The highest BCUT2D eigenvalue weighted by Crippen LogP contribution is 2.38. The van der Waals surface area contributed by atoms with Gasteiger partial charge in [-0.05, 0) is 44.6 Å². The van der Waals surface area contributed by atoms with Gasteiger partial charge in [0.25, 0.3) is 5.92 Å². The number of amides is 1. The molecule has 4 fully saturated rings. The molecule has 4 aliphatic rings. The molecule has 3 aliphatic heterocycles. The van der Waals surface area contributed by atoms with Crippen LogP contribution >= 0.6 is 0 Å².